The van der Waals surface area contributed by atoms with E-state index in [4.69, 9.17) is 11.6 Å². The Morgan fingerprint density at radius 2 is 2.09 bits per heavy atom. The van der Waals surface area contributed by atoms with Gasteiger partial charge in [-0.25, -0.2) is 4.39 Å². The summed E-state index contributed by atoms with van der Waals surface area (Å²) in [7, 11) is 0. The summed E-state index contributed by atoms with van der Waals surface area (Å²) in [6, 6.07) is 3.65. The van der Waals surface area contributed by atoms with Gasteiger partial charge in [-0.1, -0.05) is 30.2 Å². The average Bonchev–Trinajstić information content (AvgIpc) is 2.54. The van der Waals surface area contributed by atoms with Crippen molar-refractivity contribution < 1.29 is 4.39 Å². The molecule has 22 heavy (non-hydrogen) atoms. The second-order valence-electron chi connectivity index (χ2n) is 5.97. The molecular formula is C18H26ClFN2. The van der Waals surface area contributed by atoms with Gasteiger partial charge in [0, 0.05) is 42.8 Å². The van der Waals surface area contributed by atoms with Crippen LogP contribution in [0.15, 0.2) is 24.8 Å². The van der Waals surface area contributed by atoms with Gasteiger partial charge in [0.15, 0.2) is 0 Å². The maximum atomic E-state index is 14.7. The fourth-order valence-electron chi connectivity index (χ4n) is 3.11. The van der Waals surface area contributed by atoms with E-state index in [1.54, 1.807) is 6.07 Å². The van der Waals surface area contributed by atoms with E-state index < -0.39 is 0 Å². The first kappa shape index (κ1) is 17.5. The third kappa shape index (κ3) is 4.31. The van der Waals surface area contributed by atoms with E-state index in [9.17, 15) is 4.39 Å². The molecule has 1 N–H and O–H groups in total. The van der Waals surface area contributed by atoms with Crippen molar-refractivity contribution in [2.75, 3.05) is 26.2 Å². The molecule has 1 aromatic rings. The molecule has 1 fully saturated rings. The van der Waals surface area contributed by atoms with E-state index in [1.807, 2.05) is 19.1 Å². The van der Waals surface area contributed by atoms with E-state index in [0.717, 1.165) is 51.9 Å². The number of hydrogen-bond donors (Lipinski definition) is 1. The quantitative estimate of drug-likeness (QED) is 0.587. The van der Waals surface area contributed by atoms with Crippen molar-refractivity contribution in [2.24, 2.45) is 0 Å². The van der Waals surface area contributed by atoms with Gasteiger partial charge in [-0.3, -0.25) is 4.90 Å². The van der Waals surface area contributed by atoms with Gasteiger partial charge in [-0.15, -0.1) is 6.58 Å². The van der Waals surface area contributed by atoms with Crippen LogP contribution in [0, 0.1) is 12.7 Å². The Balaban J connectivity index is 2.22. The van der Waals surface area contributed by atoms with Crippen molar-refractivity contribution in [3.8, 4) is 0 Å². The highest BCUT2D eigenvalue weighted by atomic mass is 35.5. The molecule has 1 heterocycles. The zero-order chi connectivity index (χ0) is 15.9. The predicted molar refractivity (Wildman–Crippen MR) is 92.0 cm³/mol. The Morgan fingerprint density at radius 3 is 2.77 bits per heavy atom. The molecule has 0 bridgehead atoms. The lowest BCUT2D eigenvalue weighted by molar-refractivity contribution is 0.159. The van der Waals surface area contributed by atoms with Crippen molar-refractivity contribution in [1.29, 1.82) is 0 Å². The average molecular weight is 325 g/mol. The van der Waals surface area contributed by atoms with Crippen LogP contribution in [0.3, 0.4) is 0 Å². The van der Waals surface area contributed by atoms with Crippen LogP contribution in [0.2, 0.25) is 5.02 Å². The third-order valence-electron chi connectivity index (χ3n) is 4.38. The molecule has 0 aliphatic carbocycles. The number of allylic oxidation sites excluding steroid dienone is 1. The fraction of sp³-hybridized carbons (Fsp3) is 0.556. The number of piperazine rings is 1. The summed E-state index contributed by atoms with van der Waals surface area (Å²) in [4.78, 5) is 2.37. The van der Waals surface area contributed by atoms with Crippen molar-refractivity contribution in [1.82, 2.24) is 10.2 Å². The summed E-state index contributed by atoms with van der Waals surface area (Å²) in [5.74, 6) is -0.139. The first-order valence-corrected chi connectivity index (χ1v) is 8.53. The van der Waals surface area contributed by atoms with Gasteiger partial charge in [0.2, 0.25) is 0 Å². The van der Waals surface area contributed by atoms with Crippen molar-refractivity contribution >= 4 is 11.6 Å². The Labute approximate surface area is 138 Å². The van der Waals surface area contributed by atoms with Crippen LogP contribution in [0.4, 0.5) is 4.39 Å². The number of nitrogens with zero attached hydrogens (tertiary/aromatic N) is 1. The summed E-state index contributed by atoms with van der Waals surface area (Å²) in [5.41, 5.74) is 1.35. The lowest BCUT2D eigenvalue weighted by Gasteiger charge is -2.36. The second kappa shape index (κ2) is 8.66. The van der Waals surface area contributed by atoms with Gasteiger partial charge in [0.25, 0.3) is 0 Å². The van der Waals surface area contributed by atoms with E-state index in [2.05, 4.69) is 16.8 Å². The topological polar surface area (TPSA) is 15.3 Å². The molecule has 0 spiro atoms. The van der Waals surface area contributed by atoms with Crippen LogP contribution < -0.4 is 5.32 Å². The molecule has 0 unspecified atom stereocenters. The molecule has 0 amide bonds. The molecule has 0 aromatic heterocycles. The standard InChI is InChI=1S/C18H26ClFN2/c1-3-4-5-6-7-16(22-12-10-21-11-13-22)17-15(19)9-8-14(2)18(17)20/h3,8-9,16,21H,1,4-7,10-13H2,2H3/t16-/m0/s1. The predicted octanol–water partition coefficient (Wildman–Crippen LogP) is 4.48. The second-order valence-corrected chi connectivity index (χ2v) is 6.37. The van der Waals surface area contributed by atoms with Crippen molar-refractivity contribution in [3.63, 3.8) is 0 Å². The maximum absolute atomic E-state index is 14.7. The number of rotatable bonds is 7. The Bertz CT molecular complexity index is 498. The number of halogens is 2. The first-order valence-electron chi connectivity index (χ1n) is 8.15. The van der Waals surface area contributed by atoms with Gasteiger partial charge in [0.05, 0.1) is 0 Å². The van der Waals surface area contributed by atoms with Crippen LogP contribution in [-0.2, 0) is 0 Å². The van der Waals surface area contributed by atoms with Crippen LogP contribution in [-0.4, -0.2) is 31.1 Å². The molecule has 1 atom stereocenters. The molecule has 2 nitrogen and oxygen atoms in total. The Hall–Kier alpha value is -0.900. The minimum absolute atomic E-state index is 0.0688. The summed E-state index contributed by atoms with van der Waals surface area (Å²) in [6.45, 7) is 9.36. The molecule has 1 aliphatic rings. The molecule has 0 saturated carbocycles. The van der Waals surface area contributed by atoms with Gasteiger partial charge >= 0.3 is 0 Å². The first-order chi connectivity index (χ1) is 10.6. The van der Waals surface area contributed by atoms with Crippen molar-refractivity contribution in [3.05, 3.63) is 46.8 Å². The summed E-state index contributed by atoms with van der Waals surface area (Å²) in [5, 5.41) is 3.91. The van der Waals surface area contributed by atoms with E-state index in [-0.39, 0.29) is 11.9 Å². The van der Waals surface area contributed by atoms with Gasteiger partial charge in [-0.2, -0.15) is 0 Å². The van der Waals surface area contributed by atoms with Gasteiger partial charge in [-0.05, 0) is 37.8 Å². The zero-order valence-corrected chi connectivity index (χ0v) is 14.1. The van der Waals surface area contributed by atoms with Crippen LogP contribution in [0.1, 0.15) is 42.9 Å². The molecule has 122 valence electrons. The highest BCUT2D eigenvalue weighted by Crippen LogP contribution is 2.35. The van der Waals surface area contributed by atoms with E-state index in [0.29, 0.717) is 16.1 Å². The highest BCUT2D eigenvalue weighted by molar-refractivity contribution is 6.31. The number of aryl methyl sites for hydroxylation is 1. The fourth-order valence-corrected chi connectivity index (χ4v) is 3.39. The lowest BCUT2D eigenvalue weighted by atomic mass is 9.96. The van der Waals surface area contributed by atoms with Crippen LogP contribution >= 0.6 is 11.6 Å². The smallest absolute Gasteiger partial charge is 0.132 e. The molecule has 1 aromatic carbocycles. The summed E-state index contributed by atoms with van der Waals surface area (Å²) < 4.78 is 14.7. The van der Waals surface area contributed by atoms with Gasteiger partial charge in [0.1, 0.15) is 5.82 Å². The molecule has 2 rings (SSSR count). The third-order valence-corrected chi connectivity index (χ3v) is 4.71. The highest BCUT2D eigenvalue weighted by Gasteiger charge is 2.27. The maximum Gasteiger partial charge on any atom is 0.132 e. The summed E-state index contributed by atoms with van der Waals surface area (Å²) >= 11 is 6.36. The lowest BCUT2D eigenvalue weighted by Crippen LogP contribution is -2.45. The number of nitrogens with one attached hydrogen (secondary N) is 1. The van der Waals surface area contributed by atoms with E-state index >= 15 is 0 Å². The Morgan fingerprint density at radius 1 is 1.36 bits per heavy atom. The van der Waals surface area contributed by atoms with Gasteiger partial charge < -0.3 is 5.32 Å². The summed E-state index contributed by atoms with van der Waals surface area (Å²) in [6.07, 6.45) is 6.05. The Kier molecular flexibility index (Phi) is 6.87. The van der Waals surface area contributed by atoms with Crippen molar-refractivity contribution in [2.45, 2.75) is 38.6 Å². The minimum Gasteiger partial charge on any atom is -0.314 e. The SMILES string of the molecule is C=CCCCC[C@@H](c1c(Cl)ccc(C)c1F)N1CCNCC1. The molecule has 1 saturated heterocycles. The number of benzene rings is 1. The molecular weight excluding hydrogens is 299 g/mol. The molecule has 0 radical (unpaired) electrons. The monoisotopic (exact) mass is 324 g/mol. The number of unbranched alkanes of at least 4 members (excludes halogenated alkanes) is 2. The molecule has 1 aliphatic heterocycles. The minimum atomic E-state index is -0.139. The number of hydrogen-bond acceptors (Lipinski definition) is 2. The normalized spacial score (nSPS) is 17.4. The molecule has 4 heteroatoms. The van der Waals surface area contributed by atoms with Crippen LogP contribution in [0.25, 0.3) is 0 Å². The largest absolute Gasteiger partial charge is 0.314 e. The zero-order valence-electron chi connectivity index (χ0n) is 13.4. The van der Waals surface area contributed by atoms with Crippen LogP contribution in [0.5, 0.6) is 0 Å². The van der Waals surface area contributed by atoms with E-state index in [1.165, 1.54) is 0 Å².